The molecular formula is C34H23ClN2. The number of hydrogen-bond donors (Lipinski definition) is 0. The molecule has 1 aromatic heterocycles. The van der Waals surface area contributed by atoms with Crippen LogP contribution in [0.1, 0.15) is 0 Å². The van der Waals surface area contributed by atoms with Gasteiger partial charge in [-0.3, -0.25) is 0 Å². The van der Waals surface area contributed by atoms with Crippen molar-refractivity contribution in [2.45, 2.75) is 0 Å². The van der Waals surface area contributed by atoms with Gasteiger partial charge in [0.2, 0.25) is 0 Å². The van der Waals surface area contributed by atoms with E-state index in [-0.39, 0.29) is 0 Å². The van der Waals surface area contributed by atoms with Gasteiger partial charge < -0.3 is 0 Å². The zero-order valence-corrected chi connectivity index (χ0v) is 20.8. The summed E-state index contributed by atoms with van der Waals surface area (Å²) in [5.41, 5.74) is 9.34. The summed E-state index contributed by atoms with van der Waals surface area (Å²) in [6.45, 7) is 0. The lowest BCUT2D eigenvalue weighted by atomic mass is 10.0. The van der Waals surface area contributed by atoms with Crippen molar-refractivity contribution in [3.63, 3.8) is 0 Å². The van der Waals surface area contributed by atoms with Crippen LogP contribution in [0.3, 0.4) is 0 Å². The Balaban J connectivity index is 1.45. The molecule has 0 radical (unpaired) electrons. The summed E-state index contributed by atoms with van der Waals surface area (Å²) in [6.07, 6.45) is 0. The highest BCUT2D eigenvalue weighted by Gasteiger charge is 2.12. The van der Waals surface area contributed by atoms with E-state index in [1.165, 1.54) is 5.56 Å². The quantitative estimate of drug-likeness (QED) is 0.238. The minimum atomic E-state index is 0.698. The van der Waals surface area contributed by atoms with Crippen molar-refractivity contribution >= 4 is 11.6 Å². The van der Waals surface area contributed by atoms with Crippen molar-refractivity contribution in [2.24, 2.45) is 0 Å². The second kappa shape index (κ2) is 10.2. The predicted octanol–water partition coefficient (Wildman–Crippen LogP) is 9.46. The molecule has 0 aliphatic rings. The van der Waals surface area contributed by atoms with Crippen molar-refractivity contribution in [1.82, 2.24) is 9.97 Å². The molecule has 0 amide bonds. The Bertz CT molecular complexity index is 1660. The number of rotatable bonds is 5. The first-order chi connectivity index (χ1) is 18.2. The van der Waals surface area contributed by atoms with Gasteiger partial charge in [0.25, 0.3) is 0 Å². The zero-order valence-electron chi connectivity index (χ0n) is 20.1. The van der Waals surface area contributed by atoms with Gasteiger partial charge in [-0.25, -0.2) is 9.97 Å². The van der Waals surface area contributed by atoms with Gasteiger partial charge in [0.1, 0.15) is 0 Å². The number of aromatic nitrogens is 2. The van der Waals surface area contributed by atoms with E-state index in [9.17, 15) is 0 Å². The van der Waals surface area contributed by atoms with Crippen molar-refractivity contribution in [1.29, 1.82) is 0 Å². The molecule has 0 spiro atoms. The Kier molecular flexibility index (Phi) is 6.33. The molecule has 0 fully saturated rings. The molecule has 0 bridgehead atoms. The van der Waals surface area contributed by atoms with Gasteiger partial charge in [0.05, 0.1) is 11.4 Å². The van der Waals surface area contributed by atoms with Gasteiger partial charge in [0, 0.05) is 21.7 Å². The van der Waals surface area contributed by atoms with E-state index in [1.54, 1.807) is 0 Å². The molecule has 2 nitrogen and oxygen atoms in total. The van der Waals surface area contributed by atoms with Gasteiger partial charge in [-0.2, -0.15) is 0 Å². The number of hydrogen-bond acceptors (Lipinski definition) is 2. The monoisotopic (exact) mass is 494 g/mol. The van der Waals surface area contributed by atoms with E-state index >= 15 is 0 Å². The molecule has 0 aliphatic carbocycles. The van der Waals surface area contributed by atoms with Crippen LogP contribution in [0.15, 0.2) is 140 Å². The fraction of sp³-hybridized carbons (Fsp3) is 0. The summed E-state index contributed by atoms with van der Waals surface area (Å²) >= 11 is 6.26. The zero-order chi connectivity index (χ0) is 25.0. The lowest BCUT2D eigenvalue weighted by Gasteiger charge is -2.11. The minimum absolute atomic E-state index is 0.698. The molecule has 5 aromatic carbocycles. The topological polar surface area (TPSA) is 25.8 Å². The maximum atomic E-state index is 6.26. The Labute approximate surface area is 221 Å². The fourth-order valence-electron chi connectivity index (χ4n) is 4.45. The van der Waals surface area contributed by atoms with Crippen LogP contribution < -0.4 is 0 Å². The summed E-state index contributed by atoms with van der Waals surface area (Å²) in [6, 6.07) is 47.4. The average molecular weight is 495 g/mol. The minimum Gasteiger partial charge on any atom is -0.228 e. The molecule has 37 heavy (non-hydrogen) atoms. The van der Waals surface area contributed by atoms with Crippen LogP contribution in [-0.2, 0) is 0 Å². The molecule has 0 N–H and O–H groups in total. The normalized spacial score (nSPS) is 10.8. The van der Waals surface area contributed by atoms with Crippen LogP contribution in [0.4, 0.5) is 0 Å². The first kappa shape index (κ1) is 22.9. The van der Waals surface area contributed by atoms with Crippen molar-refractivity contribution in [3.8, 4) is 56.2 Å². The van der Waals surface area contributed by atoms with Crippen molar-refractivity contribution in [2.75, 3.05) is 0 Å². The van der Waals surface area contributed by atoms with E-state index in [2.05, 4.69) is 97.1 Å². The highest BCUT2D eigenvalue weighted by Crippen LogP contribution is 2.31. The Hall–Kier alpha value is -4.53. The SMILES string of the molecule is Clc1cccc(-c2cccc(-c3cc(-c4ccccc4)nc(-c4ccc(-c5ccccc5)cc4)n3)c2)c1. The Morgan fingerprint density at radius 3 is 1.51 bits per heavy atom. The summed E-state index contributed by atoms with van der Waals surface area (Å²) in [5.74, 6) is 0.698. The summed E-state index contributed by atoms with van der Waals surface area (Å²) in [4.78, 5) is 9.98. The second-order valence-electron chi connectivity index (χ2n) is 8.86. The third-order valence-corrected chi connectivity index (χ3v) is 6.60. The maximum absolute atomic E-state index is 6.26. The van der Waals surface area contributed by atoms with Crippen LogP contribution in [-0.4, -0.2) is 9.97 Å². The molecule has 0 saturated carbocycles. The number of nitrogens with zero attached hydrogens (tertiary/aromatic N) is 2. The molecule has 0 aliphatic heterocycles. The number of benzene rings is 5. The van der Waals surface area contributed by atoms with Gasteiger partial charge >= 0.3 is 0 Å². The summed E-state index contributed by atoms with van der Waals surface area (Å²) < 4.78 is 0. The Morgan fingerprint density at radius 2 is 0.838 bits per heavy atom. The van der Waals surface area contributed by atoms with Crippen LogP contribution in [0, 0.1) is 0 Å². The smallest absolute Gasteiger partial charge is 0.160 e. The summed E-state index contributed by atoms with van der Waals surface area (Å²) in [5, 5.41) is 0.720. The third kappa shape index (κ3) is 5.06. The van der Waals surface area contributed by atoms with Gasteiger partial charge in [0.15, 0.2) is 5.82 Å². The third-order valence-electron chi connectivity index (χ3n) is 6.36. The van der Waals surface area contributed by atoms with Crippen molar-refractivity contribution < 1.29 is 0 Å². The van der Waals surface area contributed by atoms with E-state index in [0.29, 0.717) is 5.82 Å². The van der Waals surface area contributed by atoms with E-state index in [1.807, 2.05) is 42.5 Å². The Morgan fingerprint density at radius 1 is 0.351 bits per heavy atom. The summed E-state index contributed by atoms with van der Waals surface area (Å²) in [7, 11) is 0. The first-order valence-electron chi connectivity index (χ1n) is 12.2. The largest absolute Gasteiger partial charge is 0.228 e. The van der Waals surface area contributed by atoms with Gasteiger partial charge in [-0.15, -0.1) is 0 Å². The standard InChI is InChI=1S/C34H23ClN2/c35-31-16-8-14-29(22-31)28-13-7-15-30(21-28)33-23-32(26-11-5-2-6-12-26)36-34(37-33)27-19-17-25(18-20-27)24-9-3-1-4-10-24/h1-23H. The lowest BCUT2D eigenvalue weighted by Crippen LogP contribution is -1.96. The molecule has 176 valence electrons. The van der Waals surface area contributed by atoms with Crippen molar-refractivity contribution in [3.05, 3.63) is 145 Å². The maximum Gasteiger partial charge on any atom is 0.160 e. The van der Waals surface area contributed by atoms with Gasteiger partial charge in [-0.1, -0.05) is 127 Å². The van der Waals surface area contributed by atoms with E-state index < -0.39 is 0 Å². The number of halogens is 1. The van der Waals surface area contributed by atoms with E-state index in [0.717, 1.165) is 49.8 Å². The lowest BCUT2D eigenvalue weighted by molar-refractivity contribution is 1.18. The van der Waals surface area contributed by atoms with Crippen LogP contribution >= 0.6 is 11.6 Å². The molecular weight excluding hydrogens is 472 g/mol. The molecule has 6 rings (SSSR count). The van der Waals surface area contributed by atoms with Gasteiger partial charge in [-0.05, 0) is 46.5 Å². The van der Waals surface area contributed by atoms with Crippen LogP contribution in [0.2, 0.25) is 5.02 Å². The van der Waals surface area contributed by atoms with Crippen LogP contribution in [0.25, 0.3) is 56.2 Å². The molecule has 3 heteroatoms. The highest BCUT2D eigenvalue weighted by molar-refractivity contribution is 6.30. The molecule has 0 atom stereocenters. The van der Waals surface area contributed by atoms with Crippen LogP contribution in [0.5, 0.6) is 0 Å². The highest BCUT2D eigenvalue weighted by atomic mass is 35.5. The second-order valence-corrected chi connectivity index (χ2v) is 9.30. The molecule has 6 aromatic rings. The van der Waals surface area contributed by atoms with E-state index in [4.69, 9.17) is 21.6 Å². The molecule has 0 unspecified atom stereocenters. The fourth-order valence-corrected chi connectivity index (χ4v) is 4.64. The first-order valence-corrected chi connectivity index (χ1v) is 12.6. The molecule has 0 saturated heterocycles. The predicted molar refractivity (Wildman–Crippen MR) is 154 cm³/mol. The molecule has 1 heterocycles. The average Bonchev–Trinajstić information content (AvgIpc) is 2.98.